The first-order valence-electron chi connectivity index (χ1n) is 6.75. The molecule has 0 aromatic heterocycles. The number of hydrogen-bond acceptors (Lipinski definition) is 1. The van der Waals surface area contributed by atoms with Crippen molar-refractivity contribution in [1.82, 2.24) is 5.32 Å². The molecule has 0 fully saturated rings. The molecule has 0 saturated heterocycles. The highest BCUT2D eigenvalue weighted by atomic mass is 79.9. The van der Waals surface area contributed by atoms with Gasteiger partial charge < -0.3 is 5.32 Å². The van der Waals surface area contributed by atoms with E-state index >= 15 is 0 Å². The molecule has 0 amide bonds. The average Bonchev–Trinajstić information content (AvgIpc) is 2.42. The van der Waals surface area contributed by atoms with E-state index in [-0.39, 0.29) is 6.04 Å². The van der Waals surface area contributed by atoms with E-state index in [2.05, 4.69) is 93.5 Å². The summed E-state index contributed by atoms with van der Waals surface area (Å²) in [4.78, 5) is 0. The van der Waals surface area contributed by atoms with Crippen LogP contribution in [0.2, 0.25) is 0 Å². The lowest BCUT2D eigenvalue weighted by atomic mass is 9.95. The fourth-order valence-electron chi connectivity index (χ4n) is 2.31. The topological polar surface area (TPSA) is 12.0 Å². The Hall–Kier alpha value is -0.640. The number of hydrogen-bond donors (Lipinski definition) is 1. The molecule has 0 aliphatic rings. The van der Waals surface area contributed by atoms with Gasteiger partial charge in [-0.25, -0.2) is 0 Å². The zero-order chi connectivity index (χ0) is 14.7. The van der Waals surface area contributed by atoms with Gasteiger partial charge in [-0.3, -0.25) is 0 Å². The van der Waals surface area contributed by atoms with Crippen molar-refractivity contribution in [2.24, 2.45) is 0 Å². The summed E-state index contributed by atoms with van der Waals surface area (Å²) in [6, 6.07) is 15.4. The summed E-state index contributed by atoms with van der Waals surface area (Å²) in [6.07, 6.45) is 0. The smallest absolute Gasteiger partial charge is 0.0585 e. The number of rotatable bonds is 4. The lowest BCUT2D eigenvalue weighted by Gasteiger charge is -2.19. The van der Waals surface area contributed by atoms with Gasteiger partial charge in [-0.05, 0) is 41.8 Å². The number of benzene rings is 2. The van der Waals surface area contributed by atoms with Gasteiger partial charge in [0, 0.05) is 8.95 Å². The number of nitrogens with one attached hydrogen (secondary N) is 1. The van der Waals surface area contributed by atoms with E-state index in [1.807, 2.05) is 7.05 Å². The molecule has 2 aromatic carbocycles. The molecule has 0 radical (unpaired) electrons. The van der Waals surface area contributed by atoms with Gasteiger partial charge in [-0.15, -0.1) is 0 Å². The summed E-state index contributed by atoms with van der Waals surface area (Å²) >= 11 is 7.15. The molecule has 0 aliphatic heterocycles. The van der Waals surface area contributed by atoms with Crippen LogP contribution < -0.4 is 5.32 Å². The molecule has 2 rings (SSSR count). The van der Waals surface area contributed by atoms with E-state index in [0.717, 1.165) is 8.95 Å². The Morgan fingerprint density at radius 3 is 2.00 bits per heavy atom. The van der Waals surface area contributed by atoms with Crippen molar-refractivity contribution in [1.29, 1.82) is 0 Å². The van der Waals surface area contributed by atoms with Crippen molar-refractivity contribution in [3.05, 3.63) is 68.1 Å². The maximum atomic E-state index is 3.65. The Bertz CT molecular complexity index is 576. The fourth-order valence-corrected chi connectivity index (χ4v) is 3.59. The molecule has 0 heterocycles. The Balaban J connectivity index is 2.36. The standard InChI is InChI=1S/C17H19Br2N/c1-11(2)12-4-6-13(7-5-12)17(20-3)15-9-8-14(18)10-16(15)19/h4-11,17,20H,1-3H3. The van der Waals surface area contributed by atoms with Crippen LogP contribution in [0, 0.1) is 0 Å². The first-order chi connectivity index (χ1) is 9.52. The zero-order valence-corrected chi connectivity index (χ0v) is 15.1. The Morgan fingerprint density at radius 2 is 1.50 bits per heavy atom. The van der Waals surface area contributed by atoms with Crippen LogP contribution >= 0.6 is 31.9 Å². The van der Waals surface area contributed by atoms with Crippen molar-refractivity contribution in [2.45, 2.75) is 25.8 Å². The maximum absolute atomic E-state index is 3.65. The van der Waals surface area contributed by atoms with E-state index in [1.54, 1.807) is 0 Å². The third-order valence-corrected chi connectivity index (χ3v) is 4.68. The van der Waals surface area contributed by atoms with Gasteiger partial charge >= 0.3 is 0 Å². The largest absolute Gasteiger partial charge is 0.309 e. The van der Waals surface area contributed by atoms with Crippen molar-refractivity contribution in [3.63, 3.8) is 0 Å². The molecule has 1 atom stereocenters. The minimum Gasteiger partial charge on any atom is -0.309 e. The Kier molecular flexibility index (Phi) is 5.42. The van der Waals surface area contributed by atoms with Crippen LogP contribution in [0.25, 0.3) is 0 Å². The van der Waals surface area contributed by atoms with Gasteiger partial charge in [-0.2, -0.15) is 0 Å². The second-order valence-corrected chi connectivity index (χ2v) is 6.98. The number of halogens is 2. The normalized spacial score (nSPS) is 12.7. The van der Waals surface area contributed by atoms with Crippen LogP contribution in [0.5, 0.6) is 0 Å². The lowest BCUT2D eigenvalue weighted by molar-refractivity contribution is 0.688. The van der Waals surface area contributed by atoms with Gasteiger partial charge in [0.2, 0.25) is 0 Å². The highest BCUT2D eigenvalue weighted by Gasteiger charge is 2.15. The SMILES string of the molecule is CNC(c1ccc(C(C)C)cc1)c1ccc(Br)cc1Br. The summed E-state index contributed by atoms with van der Waals surface area (Å²) in [6.45, 7) is 4.44. The van der Waals surface area contributed by atoms with Crippen molar-refractivity contribution < 1.29 is 0 Å². The minimum atomic E-state index is 0.193. The molecule has 20 heavy (non-hydrogen) atoms. The van der Waals surface area contributed by atoms with Crippen LogP contribution in [-0.2, 0) is 0 Å². The van der Waals surface area contributed by atoms with Gasteiger partial charge in [0.15, 0.2) is 0 Å². The van der Waals surface area contributed by atoms with Crippen molar-refractivity contribution in [3.8, 4) is 0 Å². The molecule has 2 aromatic rings. The zero-order valence-electron chi connectivity index (χ0n) is 12.0. The fraction of sp³-hybridized carbons (Fsp3) is 0.294. The van der Waals surface area contributed by atoms with E-state index < -0.39 is 0 Å². The average molecular weight is 397 g/mol. The molecule has 1 unspecified atom stereocenters. The van der Waals surface area contributed by atoms with Gasteiger partial charge in [0.25, 0.3) is 0 Å². The highest BCUT2D eigenvalue weighted by Crippen LogP contribution is 2.31. The maximum Gasteiger partial charge on any atom is 0.0585 e. The minimum absolute atomic E-state index is 0.193. The molecule has 3 heteroatoms. The first-order valence-corrected chi connectivity index (χ1v) is 8.33. The monoisotopic (exact) mass is 395 g/mol. The van der Waals surface area contributed by atoms with E-state index in [4.69, 9.17) is 0 Å². The van der Waals surface area contributed by atoms with E-state index in [9.17, 15) is 0 Å². The van der Waals surface area contributed by atoms with Crippen molar-refractivity contribution >= 4 is 31.9 Å². The predicted molar refractivity (Wildman–Crippen MR) is 93.3 cm³/mol. The molecule has 0 bridgehead atoms. The second-order valence-electron chi connectivity index (χ2n) is 5.21. The third-order valence-electron chi connectivity index (χ3n) is 3.50. The van der Waals surface area contributed by atoms with Gasteiger partial charge in [0.1, 0.15) is 0 Å². The second kappa shape index (κ2) is 6.88. The molecule has 0 spiro atoms. The molecule has 106 valence electrons. The summed E-state index contributed by atoms with van der Waals surface area (Å²) in [5.74, 6) is 0.566. The van der Waals surface area contributed by atoms with Crippen LogP contribution in [0.3, 0.4) is 0 Å². The third kappa shape index (κ3) is 3.51. The van der Waals surface area contributed by atoms with Crippen LogP contribution in [0.4, 0.5) is 0 Å². The summed E-state index contributed by atoms with van der Waals surface area (Å²) in [7, 11) is 2.00. The Morgan fingerprint density at radius 1 is 0.900 bits per heavy atom. The molecular formula is C17H19Br2N. The molecule has 0 saturated carbocycles. The Labute approximate surface area is 138 Å². The molecular weight excluding hydrogens is 378 g/mol. The molecule has 1 nitrogen and oxygen atoms in total. The summed E-state index contributed by atoms with van der Waals surface area (Å²) in [5.41, 5.74) is 3.89. The quantitative estimate of drug-likeness (QED) is 0.704. The van der Waals surface area contributed by atoms with Gasteiger partial charge in [-0.1, -0.05) is 76.0 Å². The summed E-state index contributed by atoms with van der Waals surface area (Å²) in [5, 5.41) is 3.40. The predicted octanol–water partition coefficient (Wildman–Crippen LogP) is 5.64. The summed E-state index contributed by atoms with van der Waals surface area (Å²) < 4.78 is 2.19. The lowest BCUT2D eigenvalue weighted by Crippen LogP contribution is -2.18. The molecule has 1 N–H and O–H groups in total. The van der Waals surface area contributed by atoms with Crippen molar-refractivity contribution in [2.75, 3.05) is 7.05 Å². The van der Waals surface area contributed by atoms with Gasteiger partial charge in [0.05, 0.1) is 6.04 Å². The van der Waals surface area contributed by atoms with Crippen LogP contribution in [0.15, 0.2) is 51.4 Å². The first kappa shape index (κ1) is 15.7. The van der Waals surface area contributed by atoms with E-state index in [1.165, 1.54) is 16.7 Å². The highest BCUT2D eigenvalue weighted by molar-refractivity contribution is 9.11. The molecule has 0 aliphatic carbocycles. The van der Waals surface area contributed by atoms with Crippen LogP contribution in [0.1, 0.15) is 42.5 Å². The van der Waals surface area contributed by atoms with Crippen LogP contribution in [-0.4, -0.2) is 7.05 Å². The van der Waals surface area contributed by atoms with E-state index in [0.29, 0.717) is 5.92 Å².